The van der Waals surface area contributed by atoms with E-state index >= 15 is 0 Å². The van der Waals surface area contributed by atoms with Crippen LogP contribution in [-0.4, -0.2) is 42.1 Å². The van der Waals surface area contributed by atoms with Crippen molar-refractivity contribution in [3.63, 3.8) is 0 Å². The quantitative estimate of drug-likeness (QED) is 0.402. The van der Waals surface area contributed by atoms with E-state index in [2.05, 4.69) is 9.47 Å². The standard InChI is InChI=1S/C4H10O2.H3O4P/c1-5-3-4-6-2;1-5(2,3)4/h3-4H2,1-2H3;(H3,1,2,3,4). The van der Waals surface area contributed by atoms with Crippen molar-refractivity contribution in [1.82, 2.24) is 0 Å². The summed E-state index contributed by atoms with van der Waals surface area (Å²) in [4.78, 5) is 21.6. The van der Waals surface area contributed by atoms with Crippen LogP contribution in [0.1, 0.15) is 0 Å². The summed E-state index contributed by atoms with van der Waals surface area (Å²) in [5.41, 5.74) is 0. The first-order valence-electron chi connectivity index (χ1n) is 2.68. The van der Waals surface area contributed by atoms with Crippen molar-refractivity contribution in [1.29, 1.82) is 0 Å². The molecule has 0 aromatic heterocycles. The molecule has 0 spiro atoms. The van der Waals surface area contributed by atoms with Crippen LogP contribution in [0.5, 0.6) is 0 Å². The minimum Gasteiger partial charge on any atom is -0.382 e. The van der Waals surface area contributed by atoms with Gasteiger partial charge in [-0.25, -0.2) is 4.57 Å². The number of hydrogen-bond donors (Lipinski definition) is 3. The van der Waals surface area contributed by atoms with Gasteiger partial charge in [0.15, 0.2) is 0 Å². The molecule has 3 N–H and O–H groups in total. The molecule has 0 heterocycles. The van der Waals surface area contributed by atoms with Crippen LogP contribution < -0.4 is 0 Å². The third kappa shape index (κ3) is 70.4. The molecule has 0 unspecified atom stereocenters. The van der Waals surface area contributed by atoms with E-state index in [9.17, 15) is 0 Å². The predicted octanol–water partition coefficient (Wildman–Crippen LogP) is -0.649. The largest absolute Gasteiger partial charge is 0.466 e. The molecule has 0 bridgehead atoms. The van der Waals surface area contributed by atoms with Gasteiger partial charge >= 0.3 is 7.82 Å². The molecule has 0 saturated carbocycles. The van der Waals surface area contributed by atoms with Crippen LogP contribution in [0.2, 0.25) is 0 Å². The zero-order valence-corrected chi connectivity index (χ0v) is 7.32. The number of ether oxygens (including phenoxy) is 2. The van der Waals surface area contributed by atoms with E-state index in [0.29, 0.717) is 13.2 Å². The summed E-state index contributed by atoms with van der Waals surface area (Å²) in [6, 6.07) is 0. The Labute approximate surface area is 65.0 Å². The van der Waals surface area contributed by atoms with Crippen molar-refractivity contribution < 1.29 is 28.7 Å². The summed E-state index contributed by atoms with van der Waals surface area (Å²) in [6.45, 7) is 1.38. The number of rotatable bonds is 3. The van der Waals surface area contributed by atoms with E-state index in [1.54, 1.807) is 14.2 Å². The molecule has 11 heavy (non-hydrogen) atoms. The summed E-state index contributed by atoms with van der Waals surface area (Å²) < 4.78 is 18.2. The summed E-state index contributed by atoms with van der Waals surface area (Å²) in [5.74, 6) is 0. The second-order valence-electron chi connectivity index (χ2n) is 1.50. The van der Waals surface area contributed by atoms with Gasteiger partial charge in [0.25, 0.3) is 0 Å². The fourth-order valence-corrected chi connectivity index (χ4v) is 0.167. The molecule has 0 rings (SSSR count). The molecule has 0 aliphatic carbocycles. The van der Waals surface area contributed by atoms with Crippen molar-refractivity contribution in [2.75, 3.05) is 27.4 Å². The van der Waals surface area contributed by atoms with Crippen molar-refractivity contribution in [3.05, 3.63) is 0 Å². The van der Waals surface area contributed by atoms with Crippen LogP contribution >= 0.6 is 7.82 Å². The molecule has 0 amide bonds. The van der Waals surface area contributed by atoms with Gasteiger partial charge in [-0.2, -0.15) is 0 Å². The maximum atomic E-state index is 8.88. The Balaban J connectivity index is 0. The second-order valence-corrected chi connectivity index (χ2v) is 2.53. The molecule has 0 aromatic rings. The van der Waals surface area contributed by atoms with Crippen molar-refractivity contribution in [2.24, 2.45) is 0 Å². The summed E-state index contributed by atoms with van der Waals surface area (Å²) in [6.07, 6.45) is 0. The molecule has 0 fully saturated rings. The highest BCUT2D eigenvalue weighted by Gasteiger charge is 2.00. The van der Waals surface area contributed by atoms with Crippen LogP contribution in [0, 0.1) is 0 Å². The normalized spacial score (nSPS) is 10.3. The van der Waals surface area contributed by atoms with Crippen molar-refractivity contribution in [2.45, 2.75) is 0 Å². The van der Waals surface area contributed by atoms with Gasteiger partial charge < -0.3 is 24.2 Å². The molecule has 70 valence electrons. The number of methoxy groups -OCH3 is 2. The smallest absolute Gasteiger partial charge is 0.382 e. The first-order chi connectivity index (χ1) is 4.91. The van der Waals surface area contributed by atoms with E-state index in [4.69, 9.17) is 19.2 Å². The Hall–Kier alpha value is 0.0300. The van der Waals surface area contributed by atoms with Crippen LogP contribution in [0.4, 0.5) is 0 Å². The molecular weight excluding hydrogens is 175 g/mol. The lowest BCUT2D eigenvalue weighted by Crippen LogP contribution is -1.96. The summed E-state index contributed by atoms with van der Waals surface area (Å²) >= 11 is 0. The van der Waals surface area contributed by atoms with E-state index in [1.165, 1.54) is 0 Å². The third-order valence-corrected chi connectivity index (χ3v) is 0.492. The van der Waals surface area contributed by atoms with E-state index in [-0.39, 0.29) is 0 Å². The molecule has 6 nitrogen and oxygen atoms in total. The highest BCUT2D eigenvalue weighted by Crippen LogP contribution is 2.25. The average molecular weight is 188 g/mol. The Morgan fingerprint density at radius 1 is 1.09 bits per heavy atom. The van der Waals surface area contributed by atoms with Gasteiger partial charge in [0, 0.05) is 14.2 Å². The lowest BCUT2D eigenvalue weighted by atomic mass is 10.8. The molecule has 0 saturated heterocycles. The van der Waals surface area contributed by atoms with E-state index < -0.39 is 7.82 Å². The van der Waals surface area contributed by atoms with Gasteiger partial charge in [-0.3, -0.25) is 0 Å². The van der Waals surface area contributed by atoms with Gasteiger partial charge in [0.1, 0.15) is 0 Å². The van der Waals surface area contributed by atoms with Gasteiger partial charge in [-0.1, -0.05) is 0 Å². The highest BCUT2D eigenvalue weighted by molar-refractivity contribution is 7.45. The molecule has 0 aliphatic heterocycles. The van der Waals surface area contributed by atoms with Gasteiger partial charge in [0.2, 0.25) is 0 Å². The Morgan fingerprint density at radius 3 is 1.36 bits per heavy atom. The van der Waals surface area contributed by atoms with Crippen LogP contribution in [-0.2, 0) is 14.0 Å². The lowest BCUT2D eigenvalue weighted by molar-refractivity contribution is 0.103. The zero-order chi connectivity index (χ0) is 9.33. The first-order valence-corrected chi connectivity index (χ1v) is 4.24. The minimum atomic E-state index is -4.64. The topological polar surface area (TPSA) is 96.2 Å². The van der Waals surface area contributed by atoms with Gasteiger partial charge in [-0.15, -0.1) is 0 Å². The fraction of sp³-hybridized carbons (Fsp3) is 1.00. The Kier molecular flexibility index (Phi) is 10.1. The fourth-order valence-electron chi connectivity index (χ4n) is 0.167. The summed E-state index contributed by atoms with van der Waals surface area (Å²) in [5, 5.41) is 0. The van der Waals surface area contributed by atoms with Crippen molar-refractivity contribution in [3.8, 4) is 0 Å². The Morgan fingerprint density at radius 2 is 1.27 bits per heavy atom. The molecule has 0 aromatic carbocycles. The zero-order valence-electron chi connectivity index (χ0n) is 6.43. The monoisotopic (exact) mass is 188 g/mol. The maximum absolute atomic E-state index is 8.88. The highest BCUT2D eigenvalue weighted by atomic mass is 31.2. The number of hydrogen-bond acceptors (Lipinski definition) is 3. The maximum Gasteiger partial charge on any atom is 0.466 e. The lowest BCUT2D eigenvalue weighted by Gasteiger charge is -1.91. The molecule has 0 radical (unpaired) electrons. The predicted molar refractivity (Wildman–Crippen MR) is 38.0 cm³/mol. The van der Waals surface area contributed by atoms with Crippen LogP contribution in [0.15, 0.2) is 0 Å². The van der Waals surface area contributed by atoms with Crippen molar-refractivity contribution >= 4 is 7.82 Å². The molecule has 7 heteroatoms. The van der Waals surface area contributed by atoms with E-state index in [1.807, 2.05) is 0 Å². The van der Waals surface area contributed by atoms with E-state index in [0.717, 1.165) is 0 Å². The first kappa shape index (κ1) is 13.6. The Bertz CT molecular complexity index is 96.9. The third-order valence-electron chi connectivity index (χ3n) is 0.492. The summed E-state index contributed by atoms with van der Waals surface area (Å²) in [7, 11) is -1.34. The molecular formula is C4H13O6P. The van der Waals surface area contributed by atoms with Gasteiger partial charge in [0.05, 0.1) is 13.2 Å². The van der Waals surface area contributed by atoms with Gasteiger partial charge in [-0.05, 0) is 0 Å². The molecule has 0 atom stereocenters. The average Bonchev–Trinajstić information content (AvgIpc) is 1.79. The number of phosphoric acid groups is 1. The molecule has 0 aliphatic rings. The second kappa shape index (κ2) is 8.13. The minimum absolute atomic E-state index is 0.691. The SMILES string of the molecule is COCCOC.O=P(O)(O)O. The van der Waals surface area contributed by atoms with Crippen LogP contribution in [0.25, 0.3) is 0 Å². The van der Waals surface area contributed by atoms with Crippen LogP contribution in [0.3, 0.4) is 0 Å².